The van der Waals surface area contributed by atoms with E-state index in [0.29, 0.717) is 35.1 Å². The molecular weight excluding hydrogens is 428 g/mol. The quantitative estimate of drug-likeness (QED) is 0.479. The fourth-order valence-corrected chi connectivity index (χ4v) is 3.27. The summed E-state index contributed by atoms with van der Waals surface area (Å²) >= 11 is 6.15. The van der Waals surface area contributed by atoms with E-state index in [1.54, 1.807) is 60.9 Å². The van der Waals surface area contributed by atoms with Crippen LogP contribution in [0.3, 0.4) is 0 Å². The van der Waals surface area contributed by atoms with Gasteiger partial charge in [-0.3, -0.25) is 14.8 Å². The first kappa shape index (κ1) is 23.4. The first-order chi connectivity index (χ1) is 15.5. The Morgan fingerprint density at radius 2 is 1.78 bits per heavy atom. The Kier molecular flexibility index (Phi) is 8.30. The van der Waals surface area contributed by atoms with Crippen molar-refractivity contribution in [1.82, 2.24) is 14.9 Å². The van der Waals surface area contributed by atoms with Gasteiger partial charge in [0.1, 0.15) is 12.3 Å². The van der Waals surface area contributed by atoms with Gasteiger partial charge in [-0.05, 0) is 61.6 Å². The van der Waals surface area contributed by atoms with E-state index < -0.39 is 0 Å². The van der Waals surface area contributed by atoms with Gasteiger partial charge in [-0.25, -0.2) is 4.79 Å². The molecule has 0 unspecified atom stereocenters. The summed E-state index contributed by atoms with van der Waals surface area (Å²) in [5, 5.41) is 3.28. The summed E-state index contributed by atoms with van der Waals surface area (Å²) < 4.78 is 5.32. The Hall–Kier alpha value is -3.29. The molecule has 0 aliphatic heterocycles. The van der Waals surface area contributed by atoms with Gasteiger partial charge < -0.3 is 15.0 Å². The summed E-state index contributed by atoms with van der Waals surface area (Å²) in [5.74, 6) is -0.751. The first-order valence-electron chi connectivity index (χ1n) is 10.4. The molecule has 3 rings (SSSR count). The zero-order valence-corrected chi connectivity index (χ0v) is 18.8. The molecule has 2 aromatic heterocycles. The number of carbonyl (C=O) groups excluding carboxylic acids is 2. The summed E-state index contributed by atoms with van der Waals surface area (Å²) in [6.45, 7) is 7.00. The maximum atomic E-state index is 12.5. The lowest BCUT2D eigenvalue weighted by Crippen LogP contribution is -2.27. The van der Waals surface area contributed by atoms with Crippen molar-refractivity contribution in [2.75, 3.05) is 31.6 Å². The van der Waals surface area contributed by atoms with Crippen LogP contribution >= 0.6 is 11.6 Å². The molecule has 0 bridgehead atoms. The van der Waals surface area contributed by atoms with Crippen molar-refractivity contribution in [3.8, 4) is 11.3 Å². The van der Waals surface area contributed by atoms with Crippen LogP contribution in [0, 0.1) is 0 Å². The summed E-state index contributed by atoms with van der Waals surface area (Å²) in [6.07, 6.45) is 3.20. The van der Waals surface area contributed by atoms with Gasteiger partial charge in [0.15, 0.2) is 0 Å². The highest BCUT2D eigenvalue weighted by Crippen LogP contribution is 2.24. The largest absolute Gasteiger partial charge is 0.461 e. The molecule has 0 saturated heterocycles. The van der Waals surface area contributed by atoms with Gasteiger partial charge >= 0.3 is 5.97 Å². The second-order valence-electron chi connectivity index (χ2n) is 6.96. The number of ether oxygens (including phenoxy) is 1. The molecule has 0 aliphatic rings. The highest BCUT2D eigenvalue weighted by Gasteiger charge is 2.12. The summed E-state index contributed by atoms with van der Waals surface area (Å²) in [5.41, 5.74) is 2.55. The average Bonchev–Trinajstić information content (AvgIpc) is 2.82. The number of nitrogens with zero attached hydrogens (tertiary/aromatic N) is 3. The number of benzene rings is 1. The van der Waals surface area contributed by atoms with Crippen LogP contribution in [0.2, 0.25) is 5.02 Å². The van der Waals surface area contributed by atoms with Crippen LogP contribution in [-0.4, -0.2) is 53.0 Å². The highest BCUT2D eigenvalue weighted by atomic mass is 35.5. The Labute approximate surface area is 192 Å². The van der Waals surface area contributed by atoms with E-state index in [9.17, 15) is 9.59 Å². The lowest BCUT2D eigenvalue weighted by Gasteiger charge is -2.17. The predicted octanol–water partition coefficient (Wildman–Crippen LogP) is 4.55. The van der Waals surface area contributed by atoms with Gasteiger partial charge in [0.05, 0.1) is 16.3 Å². The SMILES string of the molecule is CCN(CC)CCOC(=O)c1ccc(NC(=O)c2ccc(-c3ncccc3Cl)cn2)cc1. The number of anilines is 1. The summed E-state index contributed by atoms with van der Waals surface area (Å²) in [7, 11) is 0. The minimum Gasteiger partial charge on any atom is -0.461 e. The number of halogens is 1. The van der Waals surface area contributed by atoms with Gasteiger partial charge in [0.2, 0.25) is 0 Å². The third-order valence-corrected chi connectivity index (χ3v) is 5.25. The molecule has 0 saturated carbocycles. The molecule has 8 heteroatoms. The Morgan fingerprint density at radius 1 is 1.03 bits per heavy atom. The molecule has 166 valence electrons. The Bertz CT molecular complexity index is 1050. The number of rotatable bonds is 9. The van der Waals surface area contributed by atoms with Crippen molar-refractivity contribution in [3.05, 3.63) is 77.2 Å². The van der Waals surface area contributed by atoms with Crippen molar-refractivity contribution in [2.45, 2.75) is 13.8 Å². The topological polar surface area (TPSA) is 84.4 Å². The molecule has 0 aliphatic carbocycles. The first-order valence-corrected chi connectivity index (χ1v) is 10.8. The van der Waals surface area contributed by atoms with Crippen molar-refractivity contribution in [1.29, 1.82) is 0 Å². The number of hydrogen-bond acceptors (Lipinski definition) is 6. The summed E-state index contributed by atoms with van der Waals surface area (Å²) in [6, 6.07) is 13.4. The standard InChI is InChI=1S/C24H25ClN4O3/c1-3-29(4-2)14-15-32-24(31)17-7-10-19(11-8-17)28-23(30)21-12-9-18(16-27-21)22-20(25)6-5-13-26-22/h5-13,16H,3-4,14-15H2,1-2H3,(H,28,30). The number of likely N-dealkylation sites (N-methyl/N-ethyl adjacent to an activating group) is 1. The van der Waals surface area contributed by atoms with Crippen LogP contribution in [0.25, 0.3) is 11.3 Å². The van der Waals surface area contributed by atoms with Gasteiger partial charge in [0.25, 0.3) is 5.91 Å². The van der Waals surface area contributed by atoms with E-state index in [-0.39, 0.29) is 17.6 Å². The molecule has 0 fully saturated rings. The predicted molar refractivity (Wildman–Crippen MR) is 125 cm³/mol. The monoisotopic (exact) mass is 452 g/mol. The zero-order valence-electron chi connectivity index (χ0n) is 18.0. The Balaban J connectivity index is 1.56. The van der Waals surface area contributed by atoms with Gasteiger partial charge in [-0.1, -0.05) is 25.4 Å². The number of carbonyl (C=O) groups is 2. The number of esters is 1. The number of hydrogen-bond donors (Lipinski definition) is 1. The van der Waals surface area contributed by atoms with E-state index in [2.05, 4.69) is 34.0 Å². The van der Waals surface area contributed by atoms with Crippen LogP contribution in [-0.2, 0) is 4.74 Å². The molecule has 0 radical (unpaired) electrons. The van der Waals surface area contributed by atoms with Crippen molar-refractivity contribution >= 4 is 29.2 Å². The van der Waals surface area contributed by atoms with Crippen LogP contribution in [0.15, 0.2) is 60.9 Å². The fourth-order valence-electron chi connectivity index (χ4n) is 3.04. The highest BCUT2D eigenvalue weighted by molar-refractivity contribution is 6.33. The second-order valence-corrected chi connectivity index (χ2v) is 7.37. The van der Waals surface area contributed by atoms with Gasteiger partial charge in [-0.2, -0.15) is 0 Å². The number of nitrogens with one attached hydrogen (secondary N) is 1. The fraction of sp³-hybridized carbons (Fsp3) is 0.250. The normalized spacial score (nSPS) is 10.8. The van der Waals surface area contributed by atoms with E-state index in [0.717, 1.165) is 18.7 Å². The maximum absolute atomic E-state index is 12.5. The molecule has 7 nitrogen and oxygen atoms in total. The van der Waals surface area contributed by atoms with Crippen molar-refractivity contribution in [2.24, 2.45) is 0 Å². The van der Waals surface area contributed by atoms with E-state index >= 15 is 0 Å². The van der Waals surface area contributed by atoms with Crippen LogP contribution in [0.5, 0.6) is 0 Å². The third kappa shape index (κ3) is 6.12. The number of aromatic nitrogens is 2. The third-order valence-electron chi connectivity index (χ3n) is 4.94. The van der Waals surface area contributed by atoms with Crippen LogP contribution in [0.4, 0.5) is 5.69 Å². The average molecular weight is 453 g/mol. The molecule has 32 heavy (non-hydrogen) atoms. The molecule has 1 N–H and O–H groups in total. The number of pyridine rings is 2. The number of amides is 1. The van der Waals surface area contributed by atoms with Gasteiger partial charge in [-0.15, -0.1) is 0 Å². The lowest BCUT2D eigenvalue weighted by molar-refractivity contribution is 0.0466. The molecular formula is C24H25ClN4O3. The van der Waals surface area contributed by atoms with E-state index in [4.69, 9.17) is 16.3 Å². The molecule has 0 atom stereocenters. The van der Waals surface area contributed by atoms with Crippen LogP contribution < -0.4 is 5.32 Å². The minimum absolute atomic E-state index is 0.251. The lowest BCUT2D eigenvalue weighted by atomic mass is 10.1. The molecule has 2 heterocycles. The molecule has 3 aromatic rings. The molecule has 1 aromatic carbocycles. The molecule has 0 spiro atoms. The van der Waals surface area contributed by atoms with Crippen molar-refractivity contribution in [3.63, 3.8) is 0 Å². The van der Waals surface area contributed by atoms with Gasteiger partial charge in [0, 0.05) is 30.2 Å². The summed E-state index contributed by atoms with van der Waals surface area (Å²) in [4.78, 5) is 35.3. The zero-order chi connectivity index (χ0) is 22.9. The minimum atomic E-state index is -0.388. The van der Waals surface area contributed by atoms with Crippen LogP contribution in [0.1, 0.15) is 34.7 Å². The smallest absolute Gasteiger partial charge is 0.338 e. The van der Waals surface area contributed by atoms with E-state index in [1.807, 2.05) is 0 Å². The van der Waals surface area contributed by atoms with Crippen molar-refractivity contribution < 1.29 is 14.3 Å². The van der Waals surface area contributed by atoms with E-state index in [1.165, 1.54) is 0 Å². The Morgan fingerprint density at radius 3 is 2.41 bits per heavy atom. The second kappa shape index (κ2) is 11.4. The maximum Gasteiger partial charge on any atom is 0.338 e. The molecule has 1 amide bonds.